The number of carbonyl (C=O) groups is 1. The van der Waals surface area contributed by atoms with Crippen molar-refractivity contribution in [2.45, 2.75) is 0 Å². The number of aromatic carboxylic acids is 1. The van der Waals surface area contributed by atoms with Crippen LogP contribution in [0.2, 0.25) is 0 Å². The molecule has 160 valence electrons. The molecule has 1 aromatic carbocycles. The van der Waals surface area contributed by atoms with E-state index in [9.17, 15) is 19.5 Å². The minimum Gasteiger partial charge on any atom is -0.477 e. The number of carboxylic acids is 1. The van der Waals surface area contributed by atoms with E-state index in [1.807, 2.05) is 0 Å². The summed E-state index contributed by atoms with van der Waals surface area (Å²) in [6.07, 6.45) is 5.66. The molecule has 3 N–H and O–H groups in total. The van der Waals surface area contributed by atoms with Crippen LogP contribution in [0.25, 0.3) is 49.7 Å². The lowest BCUT2D eigenvalue weighted by Gasteiger charge is -2.09. The highest BCUT2D eigenvalue weighted by Gasteiger charge is 2.28. The molecule has 5 heterocycles. The van der Waals surface area contributed by atoms with Gasteiger partial charge in [-0.25, -0.2) is 14.8 Å². The second kappa shape index (κ2) is 6.76. The van der Waals surface area contributed by atoms with Crippen LogP contribution in [0.5, 0.6) is 0 Å². The van der Waals surface area contributed by atoms with Crippen molar-refractivity contribution in [1.82, 2.24) is 24.5 Å². The average molecular weight is 439 g/mol. The standard InChI is InChI=1S/C23H13N5O5/c29-21-13(2-1-6-24-21)16-17-15(4-3-11-5-7-33-19(11)17)28(18(16)23(31)32)12-8-14-20(25-9-12)26-10-27-22(14)30/h1-10H,(H,24,29)(H,31,32)(H,25,26,27,30). The van der Waals surface area contributed by atoms with Crippen molar-refractivity contribution >= 4 is 38.9 Å². The first-order valence-electron chi connectivity index (χ1n) is 9.84. The fourth-order valence-electron chi connectivity index (χ4n) is 4.22. The number of furan rings is 1. The Kier molecular flexibility index (Phi) is 3.84. The van der Waals surface area contributed by atoms with Gasteiger partial charge in [0.05, 0.1) is 46.3 Å². The third-order valence-electron chi connectivity index (χ3n) is 5.58. The van der Waals surface area contributed by atoms with E-state index in [0.717, 1.165) is 5.39 Å². The molecule has 0 radical (unpaired) electrons. The maximum atomic E-state index is 12.7. The fourth-order valence-corrected chi connectivity index (χ4v) is 4.22. The molecule has 10 nitrogen and oxygen atoms in total. The smallest absolute Gasteiger partial charge is 0.353 e. The van der Waals surface area contributed by atoms with Crippen LogP contribution in [0, 0.1) is 0 Å². The molecule has 0 atom stereocenters. The molecule has 0 bridgehead atoms. The van der Waals surface area contributed by atoms with E-state index in [0.29, 0.717) is 22.2 Å². The number of H-pyrrole nitrogens is 2. The van der Waals surface area contributed by atoms with Gasteiger partial charge in [0.15, 0.2) is 5.65 Å². The number of pyridine rings is 2. The lowest BCUT2D eigenvalue weighted by Crippen LogP contribution is -2.13. The number of aromatic amines is 2. The van der Waals surface area contributed by atoms with Crippen molar-refractivity contribution in [3.8, 4) is 16.8 Å². The van der Waals surface area contributed by atoms with Gasteiger partial charge >= 0.3 is 5.97 Å². The van der Waals surface area contributed by atoms with Crippen LogP contribution in [0.3, 0.4) is 0 Å². The largest absolute Gasteiger partial charge is 0.477 e. The predicted molar refractivity (Wildman–Crippen MR) is 120 cm³/mol. The first kappa shape index (κ1) is 18.8. The number of aromatic nitrogens is 5. The predicted octanol–water partition coefficient (Wildman–Crippen LogP) is 3.06. The van der Waals surface area contributed by atoms with Gasteiger partial charge in [0.2, 0.25) is 0 Å². The van der Waals surface area contributed by atoms with E-state index in [1.165, 1.54) is 35.6 Å². The number of nitrogens with zero attached hydrogens (tertiary/aromatic N) is 3. The maximum Gasteiger partial charge on any atom is 0.353 e. The van der Waals surface area contributed by atoms with Crippen LogP contribution in [-0.4, -0.2) is 35.6 Å². The van der Waals surface area contributed by atoms with E-state index >= 15 is 0 Å². The first-order chi connectivity index (χ1) is 16.0. The quantitative estimate of drug-likeness (QED) is 0.384. The molecule has 0 aliphatic rings. The van der Waals surface area contributed by atoms with E-state index in [-0.39, 0.29) is 27.9 Å². The van der Waals surface area contributed by atoms with Crippen molar-refractivity contribution in [2.75, 3.05) is 0 Å². The Balaban J connectivity index is 1.85. The van der Waals surface area contributed by atoms with Gasteiger partial charge in [-0.05, 0) is 36.4 Å². The van der Waals surface area contributed by atoms with Crippen molar-refractivity contribution in [3.05, 3.63) is 87.8 Å². The third-order valence-corrected chi connectivity index (χ3v) is 5.58. The minimum atomic E-state index is -1.26. The van der Waals surface area contributed by atoms with Gasteiger partial charge in [0, 0.05) is 17.1 Å². The Bertz CT molecular complexity index is 1860. The summed E-state index contributed by atoms with van der Waals surface area (Å²) in [7, 11) is 0. The number of carboxylic acid groups (broad SMARTS) is 1. The summed E-state index contributed by atoms with van der Waals surface area (Å²) in [4.78, 5) is 51.0. The maximum absolute atomic E-state index is 12.7. The zero-order valence-electron chi connectivity index (χ0n) is 16.7. The lowest BCUT2D eigenvalue weighted by atomic mass is 10.0. The second-order valence-electron chi connectivity index (χ2n) is 7.37. The molecule has 6 aromatic rings. The highest BCUT2D eigenvalue weighted by atomic mass is 16.4. The van der Waals surface area contributed by atoms with Crippen LogP contribution in [0.15, 0.2) is 75.4 Å². The Morgan fingerprint density at radius 1 is 1.06 bits per heavy atom. The van der Waals surface area contributed by atoms with Gasteiger partial charge in [0.1, 0.15) is 11.3 Å². The van der Waals surface area contributed by atoms with Gasteiger partial charge in [-0.3, -0.25) is 9.59 Å². The summed E-state index contributed by atoms with van der Waals surface area (Å²) in [5.41, 5.74) is 0.852. The van der Waals surface area contributed by atoms with E-state index < -0.39 is 17.1 Å². The Labute approximate surface area is 182 Å². The zero-order valence-corrected chi connectivity index (χ0v) is 16.7. The number of hydrogen-bond donors (Lipinski definition) is 3. The fraction of sp³-hybridized carbons (Fsp3) is 0. The minimum absolute atomic E-state index is 0.160. The van der Waals surface area contributed by atoms with Crippen molar-refractivity contribution < 1.29 is 14.3 Å². The summed E-state index contributed by atoms with van der Waals surface area (Å²) in [5, 5.41) is 11.7. The molecule has 0 fully saturated rings. The van der Waals surface area contributed by atoms with Crippen LogP contribution in [0.1, 0.15) is 10.5 Å². The van der Waals surface area contributed by atoms with Crippen LogP contribution in [-0.2, 0) is 0 Å². The highest BCUT2D eigenvalue weighted by molar-refractivity contribution is 6.17. The summed E-state index contributed by atoms with van der Waals surface area (Å²) in [6, 6.07) is 10.00. The van der Waals surface area contributed by atoms with Gasteiger partial charge in [0.25, 0.3) is 11.1 Å². The average Bonchev–Trinajstić information content (AvgIpc) is 3.42. The summed E-state index contributed by atoms with van der Waals surface area (Å²) >= 11 is 0. The molecule has 5 aromatic heterocycles. The third kappa shape index (κ3) is 2.64. The SMILES string of the molecule is O=C(O)c1c(-c2ccc[nH]c2=O)c2c3occc3ccc2n1-c1cnc2nc[nH]c(=O)c2c1. The molecule has 0 saturated carbocycles. The molecule has 0 saturated heterocycles. The van der Waals surface area contributed by atoms with Crippen molar-refractivity contribution in [3.63, 3.8) is 0 Å². The number of nitrogens with one attached hydrogen (secondary N) is 2. The molecular formula is C23H13N5O5. The van der Waals surface area contributed by atoms with Gasteiger partial charge in [-0.15, -0.1) is 0 Å². The van der Waals surface area contributed by atoms with E-state index in [4.69, 9.17) is 4.42 Å². The molecule has 0 unspecified atom stereocenters. The number of hydrogen-bond acceptors (Lipinski definition) is 6. The van der Waals surface area contributed by atoms with Crippen LogP contribution in [0.4, 0.5) is 0 Å². The Hall–Kier alpha value is -4.99. The van der Waals surface area contributed by atoms with Gasteiger partial charge in [-0.2, -0.15) is 0 Å². The Morgan fingerprint density at radius 3 is 2.76 bits per heavy atom. The number of rotatable bonds is 3. The normalized spacial score (nSPS) is 11.5. The molecular weight excluding hydrogens is 426 g/mol. The topological polar surface area (TPSA) is 147 Å². The monoisotopic (exact) mass is 439 g/mol. The molecule has 6 rings (SSSR count). The van der Waals surface area contributed by atoms with Crippen LogP contribution < -0.4 is 11.1 Å². The molecule has 0 aliphatic carbocycles. The summed E-state index contributed by atoms with van der Waals surface area (Å²) < 4.78 is 7.17. The van der Waals surface area contributed by atoms with E-state index in [1.54, 1.807) is 30.3 Å². The Morgan fingerprint density at radius 2 is 1.94 bits per heavy atom. The zero-order chi connectivity index (χ0) is 22.7. The number of benzene rings is 1. The molecule has 0 spiro atoms. The number of fused-ring (bicyclic) bond motifs is 4. The first-order valence-corrected chi connectivity index (χ1v) is 9.84. The van der Waals surface area contributed by atoms with E-state index in [2.05, 4.69) is 19.9 Å². The van der Waals surface area contributed by atoms with Crippen molar-refractivity contribution in [1.29, 1.82) is 0 Å². The molecule has 0 amide bonds. The van der Waals surface area contributed by atoms with Gasteiger partial charge in [-0.1, -0.05) is 0 Å². The second-order valence-corrected chi connectivity index (χ2v) is 7.37. The van der Waals surface area contributed by atoms with Crippen molar-refractivity contribution in [2.24, 2.45) is 0 Å². The van der Waals surface area contributed by atoms with Crippen LogP contribution >= 0.6 is 0 Å². The molecule has 33 heavy (non-hydrogen) atoms. The molecule has 0 aliphatic heterocycles. The highest BCUT2D eigenvalue weighted by Crippen LogP contribution is 2.40. The molecule has 10 heteroatoms. The lowest BCUT2D eigenvalue weighted by molar-refractivity contribution is 0.0689. The summed E-state index contributed by atoms with van der Waals surface area (Å²) in [5.74, 6) is -1.26. The van der Waals surface area contributed by atoms with Gasteiger partial charge < -0.3 is 24.1 Å². The summed E-state index contributed by atoms with van der Waals surface area (Å²) in [6.45, 7) is 0.